The van der Waals surface area contributed by atoms with Crippen LogP contribution in [0.2, 0.25) is 0 Å². The van der Waals surface area contributed by atoms with Crippen molar-refractivity contribution in [1.82, 2.24) is 15.5 Å². The van der Waals surface area contributed by atoms with Crippen LogP contribution in [0.5, 0.6) is 0 Å². The van der Waals surface area contributed by atoms with Gasteiger partial charge in [0.25, 0.3) is 10.1 Å². The molecule has 2 unspecified atom stereocenters. The Kier molecular flexibility index (Phi) is 6.76. The van der Waals surface area contributed by atoms with Crippen molar-refractivity contribution in [3.8, 4) is 6.07 Å². The van der Waals surface area contributed by atoms with Gasteiger partial charge in [0.05, 0.1) is 22.6 Å². The lowest BCUT2D eigenvalue weighted by atomic mass is 9.51. The Morgan fingerprint density at radius 2 is 1.87 bits per heavy atom. The summed E-state index contributed by atoms with van der Waals surface area (Å²) in [5.74, 6) is 0.649. The fourth-order valence-corrected chi connectivity index (χ4v) is 9.76. The predicted octanol–water partition coefficient (Wildman–Crippen LogP) is 2.79. The van der Waals surface area contributed by atoms with E-state index in [4.69, 9.17) is 4.18 Å². The van der Waals surface area contributed by atoms with Gasteiger partial charge in [-0.3, -0.25) is 13.8 Å². The molecule has 210 valence electrons. The number of amides is 2. The van der Waals surface area contributed by atoms with E-state index in [9.17, 15) is 23.3 Å². The number of nitriles is 1. The molecule has 1 aromatic rings. The Bertz CT molecular complexity index is 1280. The SMILES string of the molecule is Cc1ccc(S(=O)(=O)OC23C[C@@H]4C[C@@H](CC(NC(=O)C[C@@H]5CN[C@H](C(=O)N6CCC[C@H]6C#N)C5)(C4)C2)C3)cc1. The van der Waals surface area contributed by atoms with Crippen LogP contribution in [0.3, 0.4) is 0 Å². The number of hydrogen-bond donors (Lipinski definition) is 2. The fraction of sp³-hybridized carbons (Fsp3) is 0.690. The molecule has 4 saturated carbocycles. The summed E-state index contributed by atoms with van der Waals surface area (Å²) in [6, 6.07) is 8.29. The first-order valence-electron chi connectivity index (χ1n) is 14.3. The third kappa shape index (κ3) is 5.21. The van der Waals surface area contributed by atoms with Crippen LogP contribution in [-0.4, -0.2) is 61.4 Å². The van der Waals surface area contributed by atoms with Crippen molar-refractivity contribution in [1.29, 1.82) is 5.26 Å². The van der Waals surface area contributed by atoms with Gasteiger partial charge in [-0.1, -0.05) is 17.7 Å². The Morgan fingerprint density at radius 3 is 2.56 bits per heavy atom. The normalized spacial score (nSPS) is 37.1. The molecule has 7 rings (SSSR count). The Labute approximate surface area is 230 Å². The first-order chi connectivity index (χ1) is 18.6. The minimum absolute atomic E-state index is 0.0306. The highest BCUT2D eigenvalue weighted by molar-refractivity contribution is 7.86. The number of aryl methyl sites for hydroxylation is 1. The number of hydrogen-bond acceptors (Lipinski definition) is 7. The van der Waals surface area contributed by atoms with Crippen molar-refractivity contribution >= 4 is 21.9 Å². The first-order valence-corrected chi connectivity index (χ1v) is 15.8. The molecule has 1 aromatic carbocycles. The summed E-state index contributed by atoms with van der Waals surface area (Å²) in [6.07, 6.45) is 7.20. The Balaban J connectivity index is 1.09. The summed E-state index contributed by atoms with van der Waals surface area (Å²) < 4.78 is 32.5. The highest BCUT2D eigenvalue weighted by atomic mass is 32.2. The van der Waals surface area contributed by atoms with Crippen LogP contribution in [0, 0.1) is 36.0 Å². The topological polar surface area (TPSA) is 129 Å². The standard InChI is InChI=1S/C29H38N4O5S/c1-19-4-6-24(7-5-19)39(36,37)38-29-14-21-9-22(15-29)13-28(12-21,18-29)32-26(34)11-20-10-25(31-17-20)27(35)33-8-2-3-23(33)16-30/h4-7,20-23,25,31H,2-3,8-15,17-18H2,1H3,(H,32,34)/t20-,21-,22+,23+,25+,28?,29?/m1/s1. The Hall–Kier alpha value is -2.48. The minimum Gasteiger partial charge on any atom is -0.351 e. The van der Waals surface area contributed by atoms with E-state index in [0.717, 1.165) is 37.7 Å². The molecule has 0 radical (unpaired) electrons. The second-order valence-corrected chi connectivity index (χ2v) is 14.5. The van der Waals surface area contributed by atoms with Crippen LogP contribution in [0.15, 0.2) is 29.2 Å². The molecule has 7 atom stereocenters. The molecule has 4 aliphatic carbocycles. The van der Waals surface area contributed by atoms with Gasteiger partial charge in [0.1, 0.15) is 6.04 Å². The quantitative estimate of drug-likeness (QED) is 0.496. The molecule has 0 aromatic heterocycles. The third-order valence-electron chi connectivity index (χ3n) is 9.69. The summed E-state index contributed by atoms with van der Waals surface area (Å²) >= 11 is 0. The molecule has 39 heavy (non-hydrogen) atoms. The second-order valence-electron chi connectivity index (χ2n) is 12.9. The van der Waals surface area contributed by atoms with E-state index in [2.05, 4.69) is 16.7 Å². The van der Waals surface area contributed by atoms with Crippen molar-refractivity contribution in [2.45, 2.75) is 99.3 Å². The summed E-state index contributed by atoms with van der Waals surface area (Å²) in [5.41, 5.74) is -0.234. The van der Waals surface area contributed by atoms with E-state index in [1.54, 1.807) is 29.2 Å². The van der Waals surface area contributed by atoms with Gasteiger partial charge in [0.2, 0.25) is 11.8 Å². The van der Waals surface area contributed by atoms with Crippen LogP contribution < -0.4 is 10.6 Å². The number of likely N-dealkylation sites (tertiary alicyclic amines) is 1. The largest absolute Gasteiger partial charge is 0.351 e. The van der Waals surface area contributed by atoms with Gasteiger partial charge in [-0.2, -0.15) is 13.7 Å². The smallest absolute Gasteiger partial charge is 0.297 e. The molecule has 2 N–H and O–H groups in total. The van der Waals surface area contributed by atoms with E-state index in [0.29, 0.717) is 57.0 Å². The van der Waals surface area contributed by atoms with Crippen molar-refractivity contribution in [2.75, 3.05) is 13.1 Å². The van der Waals surface area contributed by atoms with E-state index >= 15 is 0 Å². The molecule has 2 heterocycles. The number of carbonyl (C=O) groups excluding carboxylic acids is 2. The lowest BCUT2D eigenvalue weighted by Gasteiger charge is -2.61. The minimum atomic E-state index is -3.92. The van der Waals surface area contributed by atoms with Crippen LogP contribution in [-0.2, 0) is 23.9 Å². The van der Waals surface area contributed by atoms with E-state index in [1.807, 2.05) is 6.92 Å². The summed E-state index contributed by atoms with van der Waals surface area (Å²) in [7, 11) is -3.92. The van der Waals surface area contributed by atoms with Crippen LogP contribution >= 0.6 is 0 Å². The zero-order valence-corrected chi connectivity index (χ0v) is 23.3. The Morgan fingerprint density at radius 1 is 1.15 bits per heavy atom. The molecule has 2 saturated heterocycles. The monoisotopic (exact) mass is 554 g/mol. The lowest BCUT2D eigenvalue weighted by molar-refractivity contribution is -0.141. The summed E-state index contributed by atoms with van der Waals surface area (Å²) in [5, 5.41) is 16.0. The van der Waals surface area contributed by atoms with E-state index in [1.165, 1.54) is 0 Å². The van der Waals surface area contributed by atoms with Gasteiger partial charge in [-0.05, 0) is 94.7 Å². The zero-order valence-electron chi connectivity index (χ0n) is 22.5. The van der Waals surface area contributed by atoms with Crippen molar-refractivity contribution < 1.29 is 22.2 Å². The molecule has 2 aliphatic heterocycles. The van der Waals surface area contributed by atoms with Crippen molar-refractivity contribution in [2.24, 2.45) is 17.8 Å². The first kappa shape index (κ1) is 26.7. The van der Waals surface area contributed by atoms with Gasteiger partial charge in [-0.15, -0.1) is 0 Å². The number of carbonyl (C=O) groups is 2. The fourth-order valence-electron chi connectivity index (χ4n) is 8.53. The molecule has 9 nitrogen and oxygen atoms in total. The van der Waals surface area contributed by atoms with Crippen LogP contribution in [0.4, 0.5) is 0 Å². The highest BCUT2D eigenvalue weighted by Crippen LogP contribution is 2.59. The molecule has 6 fully saturated rings. The predicted molar refractivity (Wildman–Crippen MR) is 143 cm³/mol. The molecular formula is C29H38N4O5S. The van der Waals surface area contributed by atoms with E-state index in [-0.39, 0.29) is 34.7 Å². The number of benzene rings is 1. The van der Waals surface area contributed by atoms with E-state index < -0.39 is 21.3 Å². The summed E-state index contributed by atoms with van der Waals surface area (Å²) in [6.45, 7) is 3.13. The third-order valence-corrected chi connectivity index (χ3v) is 11.1. The molecule has 6 aliphatic rings. The molecule has 2 amide bonds. The maximum absolute atomic E-state index is 13.3. The van der Waals surface area contributed by atoms with Crippen LogP contribution in [0.1, 0.15) is 69.8 Å². The van der Waals surface area contributed by atoms with Gasteiger partial charge in [-0.25, -0.2) is 0 Å². The average molecular weight is 555 g/mol. The van der Waals surface area contributed by atoms with Gasteiger partial charge < -0.3 is 15.5 Å². The molecular weight excluding hydrogens is 516 g/mol. The molecule has 0 spiro atoms. The number of nitrogens with one attached hydrogen (secondary N) is 2. The summed E-state index contributed by atoms with van der Waals surface area (Å²) in [4.78, 5) is 28.1. The van der Waals surface area contributed by atoms with Crippen molar-refractivity contribution in [3.05, 3.63) is 29.8 Å². The molecule has 4 bridgehead atoms. The van der Waals surface area contributed by atoms with Crippen LogP contribution in [0.25, 0.3) is 0 Å². The second kappa shape index (κ2) is 9.86. The van der Waals surface area contributed by atoms with Crippen molar-refractivity contribution in [3.63, 3.8) is 0 Å². The van der Waals surface area contributed by atoms with Gasteiger partial charge >= 0.3 is 0 Å². The highest BCUT2D eigenvalue weighted by Gasteiger charge is 2.60. The maximum atomic E-state index is 13.3. The zero-order chi connectivity index (χ0) is 27.4. The number of rotatable bonds is 7. The average Bonchev–Trinajstić information content (AvgIpc) is 3.51. The number of nitrogens with zero attached hydrogens (tertiary/aromatic N) is 2. The van der Waals surface area contributed by atoms with Gasteiger partial charge in [0, 0.05) is 24.9 Å². The van der Waals surface area contributed by atoms with Gasteiger partial charge in [0.15, 0.2) is 0 Å². The lowest BCUT2D eigenvalue weighted by Crippen LogP contribution is -2.66. The molecule has 10 heteroatoms. The maximum Gasteiger partial charge on any atom is 0.297 e.